The number of anilines is 1. The highest BCUT2D eigenvalue weighted by atomic mass is 35.5. The molecule has 0 N–H and O–H groups in total. The van der Waals surface area contributed by atoms with Crippen LogP contribution in [0.3, 0.4) is 0 Å². The van der Waals surface area contributed by atoms with Gasteiger partial charge in [0.1, 0.15) is 0 Å². The van der Waals surface area contributed by atoms with Gasteiger partial charge < -0.3 is 4.74 Å². The van der Waals surface area contributed by atoms with Gasteiger partial charge in [-0.3, -0.25) is 14.6 Å². The van der Waals surface area contributed by atoms with Crippen LogP contribution >= 0.6 is 23.7 Å². The van der Waals surface area contributed by atoms with E-state index in [2.05, 4.69) is 30.9 Å². The van der Waals surface area contributed by atoms with Crippen LogP contribution in [0.25, 0.3) is 10.2 Å². The number of amides is 1. The van der Waals surface area contributed by atoms with Gasteiger partial charge in [-0.15, -0.1) is 12.4 Å². The lowest BCUT2D eigenvalue weighted by Crippen LogP contribution is -2.39. The first kappa shape index (κ1) is 29.5. The summed E-state index contributed by atoms with van der Waals surface area (Å²) in [6, 6.07) is 10.9. The highest BCUT2D eigenvalue weighted by Crippen LogP contribution is 2.31. The van der Waals surface area contributed by atoms with Crippen molar-refractivity contribution in [1.29, 1.82) is 0 Å². The molecule has 37 heavy (non-hydrogen) atoms. The van der Waals surface area contributed by atoms with Crippen molar-refractivity contribution < 1.29 is 17.9 Å². The zero-order valence-corrected chi connectivity index (χ0v) is 24.3. The van der Waals surface area contributed by atoms with Gasteiger partial charge in [0.25, 0.3) is 0 Å². The van der Waals surface area contributed by atoms with E-state index >= 15 is 0 Å². The minimum atomic E-state index is -3.34. The molecule has 0 spiro atoms. The van der Waals surface area contributed by atoms with E-state index in [-0.39, 0.29) is 29.6 Å². The number of carbonyl (C=O) groups excluding carboxylic acids is 1. The van der Waals surface area contributed by atoms with E-state index in [0.29, 0.717) is 11.7 Å². The Hall–Kier alpha value is -2.04. The summed E-state index contributed by atoms with van der Waals surface area (Å²) in [5.41, 5.74) is 4.08. The molecule has 202 valence electrons. The van der Waals surface area contributed by atoms with E-state index in [1.807, 2.05) is 0 Å². The molecule has 1 fully saturated rings. The fraction of sp³-hybridized carbons (Fsp3) is 0.481. The van der Waals surface area contributed by atoms with Crippen LogP contribution in [0.15, 0.2) is 41.3 Å². The van der Waals surface area contributed by atoms with Gasteiger partial charge in [-0.2, -0.15) is 0 Å². The molecule has 1 aromatic heterocycles. The topological polar surface area (TPSA) is 79.8 Å². The minimum absolute atomic E-state index is 0. The number of rotatable bonds is 9. The van der Waals surface area contributed by atoms with E-state index in [9.17, 15) is 13.2 Å². The molecule has 1 aliphatic heterocycles. The van der Waals surface area contributed by atoms with Crippen molar-refractivity contribution in [2.75, 3.05) is 44.3 Å². The fourth-order valence-corrected chi connectivity index (χ4v) is 6.38. The molecule has 0 atom stereocenters. The first-order valence-electron chi connectivity index (χ1n) is 12.5. The summed E-state index contributed by atoms with van der Waals surface area (Å²) in [5, 5.41) is 0.222. The Morgan fingerprint density at radius 3 is 2.41 bits per heavy atom. The van der Waals surface area contributed by atoms with Crippen molar-refractivity contribution in [3.8, 4) is 0 Å². The third-order valence-electron chi connectivity index (χ3n) is 6.71. The van der Waals surface area contributed by atoms with Crippen molar-refractivity contribution >= 4 is 54.8 Å². The summed E-state index contributed by atoms with van der Waals surface area (Å²) in [6.07, 6.45) is 1.03. The van der Waals surface area contributed by atoms with Gasteiger partial charge in [0.05, 0.1) is 40.0 Å². The molecule has 1 amide bonds. The number of aryl methyl sites for hydroxylation is 2. The van der Waals surface area contributed by atoms with Crippen LogP contribution in [0, 0.1) is 13.8 Å². The van der Waals surface area contributed by atoms with Crippen LogP contribution in [-0.4, -0.2) is 68.9 Å². The number of hydrogen-bond donors (Lipinski definition) is 0. The molecule has 10 heteroatoms. The average Bonchev–Trinajstić information content (AvgIpc) is 3.25. The van der Waals surface area contributed by atoms with Crippen LogP contribution in [0.2, 0.25) is 0 Å². The predicted octanol–water partition coefficient (Wildman–Crippen LogP) is 4.82. The third-order valence-corrected chi connectivity index (χ3v) is 9.92. The summed E-state index contributed by atoms with van der Waals surface area (Å²) in [4.78, 5) is 22.8. The first-order chi connectivity index (χ1) is 17.1. The zero-order valence-electron chi connectivity index (χ0n) is 21.9. The maximum Gasteiger partial charge on any atom is 0.233 e. The summed E-state index contributed by atoms with van der Waals surface area (Å²) in [7, 11) is -3.34. The van der Waals surface area contributed by atoms with Gasteiger partial charge in [0.15, 0.2) is 15.0 Å². The third kappa shape index (κ3) is 7.09. The molecule has 0 radical (unpaired) electrons. The van der Waals surface area contributed by atoms with Crippen LogP contribution in [-0.2, 0) is 25.8 Å². The summed E-state index contributed by atoms with van der Waals surface area (Å²) in [6.45, 7) is 12.3. The molecule has 3 aromatic rings. The fourth-order valence-electron chi connectivity index (χ4n) is 4.23. The number of aromatic nitrogens is 1. The average molecular weight is 566 g/mol. The molecule has 1 saturated heterocycles. The maximum atomic E-state index is 13.5. The number of hydrogen-bond acceptors (Lipinski definition) is 7. The summed E-state index contributed by atoms with van der Waals surface area (Å²) >= 11 is 1.54. The number of morpholine rings is 1. The van der Waals surface area contributed by atoms with Crippen molar-refractivity contribution in [2.45, 2.75) is 50.7 Å². The summed E-state index contributed by atoms with van der Waals surface area (Å²) < 4.78 is 31.4. The predicted molar refractivity (Wildman–Crippen MR) is 153 cm³/mol. The molecule has 2 heterocycles. The molecular weight excluding hydrogens is 530 g/mol. The van der Waals surface area contributed by atoms with Crippen molar-refractivity contribution in [2.24, 2.45) is 0 Å². The van der Waals surface area contributed by atoms with Gasteiger partial charge in [0.2, 0.25) is 5.91 Å². The van der Waals surface area contributed by atoms with Crippen LogP contribution < -0.4 is 4.90 Å². The van der Waals surface area contributed by atoms with Crippen LogP contribution in [0.1, 0.15) is 37.0 Å². The van der Waals surface area contributed by atoms with Gasteiger partial charge in [-0.1, -0.05) is 23.5 Å². The normalized spacial score (nSPS) is 14.6. The smallest absolute Gasteiger partial charge is 0.233 e. The lowest BCUT2D eigenvalue weighted by Gasteiger charge is -2.27. The van der Waals surface area contributed by atoms with Crippen LogP contribution in [0.5, 0.6) is 0 Å². The Kier molecular flexibility index (Phi) is 10.1. The van der Waals surface area contributed by atoms with Crippen LogP contribution in [0.4, 0.5) is 5.13 Å². The number of sulfone groups is 1. The number of fused-ring (bicyclic) bond motifs is 1. The Labute approximate surface area is 230 Å². The second kappa shape index (κ2) is 12.7. The second-order valence-corrected chi connectivity index (χ2v) is 13.2. The molecule has 0 saturated carbocycles. The minimum Gasteiger partial charge on any atom is -0.379 e. The summed E-state index contributed by atoms with van der Waals surface area (Å²) in [5.74, 6) is -0.0380. The van der Waals surface area contributed by atoms with E-state index < -0.39 is 15.1 Å². The van der Waals surface area contributed by atoms with Gasteiger partial charge in [-0.05, 0) is 75.1 Å². The number of ether oxygens (including phenoxy) is 1. The number of nitrogens with zero attached hydrogens (tertiary/aromatic N) is 3. The van der Waals surface area contributed by atoms with Crippen molar-refractivity contribution in [3.05, 3.63) is 53.1 Å². The Morgan fingerprint density at radius 2 is 1.76 bits per heavy atom. The highest BCUT2D eigenvalue weighted by molar-refractivity contribution is 7.92. The number of thiazole rings is 1. The van der Waals surface area contributed by atoms with Gasteiger partial charge >= 0.3 is 0 Å². The maximum absolute atomic E-state index is 13.5. The lowest BCUT2D eigenvalue weighted by atomic mass is 10.1. The molecule has 0 aliphatic carbocycles. The molecule has 2 aromatic carbocycles. The lowest BCUT2D eigenvalue weighted by molar-refractivity contribution is -0.118. The Bertz CT molecular complexity index is 1280. The quantitative estimate of drug-likeness (QED) is 0.370. The molecular formula is C27H36ClN3O4S2. The Morgan fingerprint density at radius 1 is 1.11 bits per heavy atom. The number of halogens is 1. The van der Waals surface area contributed by atoms with E-state index in [1.165, 1.54) is 11.1 Å². The number of carbonyl (C=O) groups is 1. The molecule has 1 aliphatic rings. The first-order valence-corrected chi connectivity index (χ1v) is 14.8. The second-order valence-electron chi connectivity index (χ2n) is 9.67. The molecule has 4 rings (SSSR count). The molecule has 0 bridgehead atoms. The van der Waals surface area contributed by atoms with Gasteiger partial charge in [-0.25, -0.2) is 13.4 Å². The van der Waals surface area contributed by atoms with Gasteiger partial charge in [0, 0.05) is 26.2 Å². The van der Waals surface area contributed by atoms with Crippen molar-refractivity contribution in [3.63, 3.8) is 0 Å². The van der Waals surface area contributed by atoms with E-state index in [1.54, 1.807) is 54.3 Å². The zero-order chi connectivity index (χ0) is 25.9. The standard InChI is InChI=1S/C27H35N3O4S2.ClH/c1-19(2)36(32,33)23-8-6-22(7-9-23)18-26(31)30(11-5-10-29-12-14-34-15-13-29)27-28-24-16-20(3)21(4)17-25(24)35-27;/h6-9,16-17,19H,5,10-15,18H2,1-4H3;1H. The molecule has 0 unspecified atom stereocenters. The number of benzene rings is 2. The highest BCUT2D eigenvalue weighted by Gasteiger charge is 2.22. The van der Waals surface area contributed by atoms with E-state index in [4.69, 9.17) is 9.72 Å². The Balaban J connectivity index is 0.00000380. The van der Waals surface area contributed by atoms with Crippen molar-refractivity contribution in [1.82, 2.24) is 9.88 Å². The van der Waals surface area contributed by atoms with E-state index in [0.717, 1.165) is 55.0 Å². The monoisotopic (exact) mass is 565 g/mol. The SMILES string of the molecule is Cc1cc2nc(N(CCCN3CCOCC3)C(=O)Cc3ccc(S(=O)(=O)C(C)C)cc3)sc2cc1C.Cl. The molecule has 7 nitrogen and oxygen atoms in total. The largest absolute Gasteiger partial charge is 0.379 e.